The molecule has 4 rings (SSSR count). The SMILES string of the molecule is C[C@@]12CCC[C@H]1[C@@H]1CCC3C=CC=C[C@@H]3[C@H]1CC2. The van der Waals surface area contributed by atoms with Gasteiger partial charge >= 0.3 is 0 Å². The van der Waals surface area contributed by atoms with Crippen LogP contribution in [0.3, 0.4) is 0 Å². The lowest BCUT2D eigenvalue weighted by molar-refractivity contribution is -0.0155. The van der Waals surface area contributed by atoms with Crippen LogP contribution < -0.4 is 0 Å². The van der Waals surface area contributed by atoms with E-state index >= 15 is 0 Å². The van der Waals surface area contributed by atoms with Gasteiger partial charge in [-0.2, -0.15) is 0 Å². The summed E-state index contributed by atoms with van der Waals surface area (Å²) >= 11 is 0. The van der Waals surface area contributed by atoms with Gasteiger partial charge in [0, 0.05) is 0 Å². The van der Waals surface area contributed by atoms with Gasteiger partial charge in [0.25, 0.3) is 0 Å². The molecule has 18 heavy (non-hydrogen) atoms. The highest BCUT2D eigenvalue weighted by Gasteiger charge is 2.52. The van der Waals surface area contributed by atoms with Crippen LogP contribution in [0.2, 0.25) is 0 Å². The zero-order chi connectivity index (χ0) is 12.2. The summed E-state index contributed by atoms with van der Waals surface area (Å²) in [6.07, 6.45) is 20.2. The predicted molar refractivity (Wildman–Crippen MR) is 76.2 cm³/mol. The molecule has 0 bridgehead atoms. The molecular weight excluding hydrogens is 216 g/mol. The molecule has 0 amide bonds. The molecule has 1 unspecified atom stereocenters. The second-order valence-corrected chi connectivity index (χ2v) is 7.61. The topological polar surface area (TPSA) is 0 Å². The molecule has 0 heterocycles. The van der Waals surface area contributed by atoms with E-state index < -0.39 is 0 Å². The zero-order valence-electron chi connectivity index (χ0n) is 11.6. The van der Waals surface area contributed by atoms with E-state index in [2.05, 4.69) is 31.2 Å². The average Bonchev–Trinajstić information content (AvgIpc) is 2.80. The molecule has 0 aromatic rings. The van der Waals surface area contributed by atoms with E-state index in [4.69, 9.17) is 0 Å². The van der Waals surface area contributed by atoms with Crippen molar-refractivity contribution >= 4 is 0 Å². The molecule has 0 aromatic heterocycles. The van der Waals surface area contributed by atoms with Crippen LogP contribution in [-0.4, -0.2) is 0 Å². The summed E-state index contributed by atoms with van der Waals surface area (Å²) in [4.78, 5) is 0. The summed E-state index contributed by atoms with van der Waals surface area (Å²) in [5.41, 5.74) is 0.724. The normalized spacial score (nSPS) is 53.7. The van der Waals surface area contributed by atoms with Gasteiger partial charge in [0.15, 0.2) is 0 Å². The Labute approximate surface area is 112 Å². The van der Waals surface area contributed by atoms with Crippen LogP contribution in [0.1, 0.15) is 51.9 Å². The van der Waals surface area contributed by atoms with E-state index in [0.717, 1.165) is 35.0 Å². The molecule has 4 aliphatic rings. The van der Waals surface area contributed by atoms with Gasteiger partial charge in [0.1, 0.15) is 0 Å². The Morgan fingerprint density at radius 3 is 2.72 bits per heavy atom. The van der Waals surface area contributed by atoms with Gasteiger partial charge in [-0.05, 0) is 73.5 Å². The second-order valence-electron chi connectivity index (χ2n) is 7.61. The maximum atomic E-state index is 2.60. The first-order valence-corrected chi connectivity index (χ1v) is 8.13. The van der Waals surface area contributed by atoms with Gasteiger partial charge in [-0.25, -0.2) is 0 Å². The van der Waals surface area contributed by atoms with Gasteiger partial charge in [-0.15, -0.1) is 0 Å². The van der Waals surface area contributed by atoms with Crippen molar-refractivity contribution in [2.24, 2.45) is 35.0 Å². The Bertz CT molecular complexity index is 391. The Balaban J connectivity index is 1.63. The summed E-state index contributed by atoms with van der Waals surface area (Å²) in [5, 5.41) is 0. The van der Waals surface area contributed by atoms with Crippen molar-refractivity contribution < 1.29 is 0 Å². The van der Waals surface area contributed by atoms with Crippen molar-refractivity contribution in [1.29, 1.82) is 0 Å². The Morgan fingerprint density at radius 1 is 0.889 bits per heavy atom. The Kier molecular flexibility index (Phi) is 2.51. The largest absolute Gasteiger partial charge is 0.0808 e. The van der Waals surface area contributed by atoms with E-state index in [9.17, 15) is 0 Å². The van der Waals surface area contributed by atoms with Crippen LogP contribution in [0, 0.1) is 35.0 Å². The van der Waals surface area contributed by atoms with E-state index in [-0.39, 0.29) is 0 Å². The van der Waals surface area contributed by atoms with Crippen LogP contribution in [0.5, 0.6) is 0 Å². The summed E-state index contributed by atoms with van der Waals surface area (Å²) < 4.78 is 0. The Hall–Kier alpha value is -0.520. The minimum atomic E-state index is 0.724. The summed E-state index contributed by atoms with van der Waals surface area (Å²) in [5.74, 6) is 4.90. The lowest BCUT2D eigenvalue weighted by Crippen LogP contribution is -2.45. The van der Waals surface area contributed by atoms with Crippen LogP contribution in [0.4, 0.5) is 0 Å². The first kappa shape index (κ1) is 11.3. The summed E-state index contributed by atoms with van der Waals surface area (Å²) in [6.45, 7) is 2.60. The number of hydrogen-bond acceptors (Lipinski definition) is 0. The molecule has 0 heteroatoms. The lowest BCUT2D eigenvalue weighted by Gasteiger charge is -2.53. The molecule has 6 atom stereocenters. The van der Waals surface area contributed by atoms with Gasteiger partial charge in [-0.1, -0.05) is 37.6 Å². The third-order valence-electron chi connectivity index (χ3n) is 6.90. The summed E-state index contributed by atoms with van der Waals surface area (Å²) in [6, 6.07) is 0. The molecule has 3 saturated carbocycles. The van der Waals surface area contributed by atoms with Crippen LogP contribution >= 0.6 is 0 Å². The highest BCUT2D eigenvalue weighted by atomic mass is 14.6. The van der Waals surface area contributed by atoms with E-state index in [1.54, 1.807) is 0 Å². The lowest BCUT2D eigenvalue weighted by atomic mass is 9.52. The quantitative estimate of drug-likeness (QED) is 0.562. The first-order valence-electron chi connectivity index (χ1n) is 8.13. The fourth-order valence-corrected chi connectivity index (χ4v) is 6.01. The fraction of sp³-hybridized carbons (Fsp3) is 0.778. The van der Waals surface area contributed by atoms with Crippen LogP contribution in [0.15, 0.2) is 24.3 Å². The van der Waals surface area contributed by atoms with E-state index in [1.807, 2.05) is 0 Å². The highest BCUT2D eigenvalue weighted by molar-refractivity contribution is 5.18. The third-order valence-corrected chi connectivity index (χ3v) is 6.90. The smallest absolute Gasteiger partial charge is 0.0136 e. The van der Waals surface area contributed by atoms with Crippen LogP contribution in [0.25, 0.3) is 0 Å². The molecule has 3 fully saturated rings. The first-order chi connectivity index (χ1) is 8.78. The van der Waals surface area contributed by atoms with Gasteiger partial charge in [-0.3, -0.25) is 0 Å². The molecule has 0 spiro atoms. The number of fused-ring (bicyclic) bond motifs is 5. The molecule has 98 valence electrons. The monoisotopic (exact) mass is 242 g/mol. The number of allylic oxidation sites excluding steroid dienone is 4. The molecule has 4 aliphatic carbocycles. The van der Waals surface area contributed by atoms with E-state index in [1.165, 1.54) is 44.9 Å². The van der Waals surface area contributed by atoms with Crippen molar-refractivity contribution in [3.8, 4) is 0 Å². The second kappa shape index (κ2) is 3.99. The predicted octanol–water partition coefficient (Wildman–Crippen LogP) is 4.97. The van der Waals surface area contributed by atoms with Crippen molar-refractivity contribution in [2.45, 2.75) is 51.9 Å². The van der Waals surface area contributed by atoms with Crippen LogP contribution in [-0.2, 0) is 0 Å². The molecule has 0 N–H and O–H groups in total. The van der Waals surface area contributed by atoms with Crippen molar-refractivity contribution in [2.75, 3.05) is 0 Å². The van der Waals surface area contributed by atoms with Gasteiger partial charge in [0.05, 0.1) is 0 Å². The number of rotatable bonds is 0. The molecule has 0 saturated heterocycles. The maximum Gasteiger partial charge on any atom is -0.0136 e. The fourth-order valence-electron chi connectivity index (χ4n) is 6.01. The van der Waals surface area contributed by atoms with Crippen molar-refractivity contribution in [1.82, 2.24) is 0 Å². The average molecular weight is 242 g/mol. The van der Waals surface area contributed by atoms with Crippen molar-refractivity contribution in [3.63, 3.8) is 0 Å². The van der Waals surface area contributed by atoms with Gasteiger partial charge < -0.3 is 0 Å². The molecule has 0 aromatic carbocycles. The van der Waals surface area contributed by atoms with E-state index in [0.29, 0.717) is 0 Å². The molecule has 0 aliphatic heterocycles. The maximum absolute atomic E-state index is 2.60. The Morgan fingerprint density at radius 2 is 1.78 bits per heavy atom. The minimum Gasteiger partial charge on any atom is -0.0808 e. The zero-order valence-corrected chi connectivity index (χ0v) is 11.6. The molecule has 0 radical (unpaired) electrons. The molecular formula is C18H26. The molecule has 0 nitrogen and oxygen atoms in total. The van der Waals surface area contributed by atoms with Crippen molar-refractivity contribution in [3.05, 3.63) is 24.3 Å². The van der Waals surface area contributed by atoms with Gasteiger partial charge in [0.2, 0.25) is 0 Å². The summed E-state index contributed by atoms with van der Waals surface area (Å²) in [7, 11) is 0. The highest BCUT2D eigenvalue weighted by Crippen LogP contribution is 2.61. The third kappa shape index (κ3) is 1.50. The minimum absolute atomic E-state index is 0.724. The standard InChI is InChI=1S/C18H26/c1-18-11-4-7-17(18)16-9-8-13-5-2-3-6-14(13)15(16)10-12-18/h2-3,5-6,13-17H,4,7-12H2,1H3/t13?,14-,15+,16+,17-,18-/m0/s1. The number of hydrogen-bond donors (Lipinski definition) is 0.